The van der Waals surface area contributed by atoms with Gasteiger partial charge >= 0.3 is 70.7 Å². The van der Waals surface area contributed by atoms with E-state index in [1.807, 2.05) is 0 Å². The maximum atomic E-state index is 13.8. The summed E-state index contributed by atoms with van der Waals surface area (Å²) in [4.78, 5) is 6.93. The third-order valence-corrected chi connectivity index (χ3v) is 6.00. The van der Waals surface area contributed by atoms with Crippen LogP contribution >= 0.6 is 11.6 Å². The Morgan fingerprint density at radius 3 is 1.44 bits per heavy atom. The Balaban J connectivity index is 0.000000404. The molecule has 0 N–H and O–H groups in total. The molecule has 0 saturated heterocycles. The van der Waals surface area contributed by atoms with Crippen LogP contribution in [0.5, 0.6) is 11.5 Å². The van der Waals surface area contributed by atoms with Gasteiger partial charge in [-0.2, -0.15) is 32.3 Å². The Bertz CT molecular complexity index is 1720. The van der Waals surface area contributed by atoms with E-state index in [1.54, 1.807) is 0 Å². The summed E-state index contributed by atoms with van der Waals surface area (Å²) in [6.45, 7) is 1.13. The average Bonchev–Trinajstić information content (AvgIpc) is 3.01. The second-order valence-electron chi connectivity index (χ2n) is 8.91. The third-order valence-electron chi connectivity index (χ3n) is 5.70. The zero-order valence-electron chi connectivity index (χ0n) is 25.2. The topological polar surface area (TPSA) is 44.2 Å². The van der Waals surface area contributed by atoms with E-state index in [0.29, 0.717) is 11.5 Å². The molecular formula is C30H22BClF11KN2O2. The number of hydrogen-bond acceptors (Lipinski definition) is 4. The van der Waals surface area contributed by atoms with Crippen LogP contribution in [-0.2, 0) is 12.4 Å². The van der Waals surface area contributed by atoms with Crippen LogP contribution in [0.2, 0.25) is 5.02 Å². The summed E-state index contributed by atoms with van der Waals surface area (Å²) in [5.74, 6) is -0.738. The average molecular weight is 737 g/mol. The standard InChI is InChI=1S/C15H11F4NO.C13H8ClF4NO.C2H3BF3.K/c1-3-9-4-7-13(20-14(9)15(17,18)19)11-8-10(21-2)5-6-12(11)16;1-20-7-2-4-10(15)8(6-7)11-5-3-9(14)12(19-11)13(16,17)18;1-2-3(4,5)6;/h3-8H,1H2,2H3;2-6H,1H3;2H,1H2;/q;;-1;+1. The van der Waals surface area contributed by atoms with Crippen LogP contribution < -0.4 is 60.9 Å². The van der Waals surface area contributed by atoms with Crippen molar-refractivity contribution in [2.24, 2.45) is 0 Å². The first-order chi connectivity index (χ1) is 21.7. The van der Waals surface area contributed by atoms with Crippen molar-refractivity contribution in [2.75, 3.05) is 14.2 Å². The van der Waals surface area contributed by atoms with Gasteiger partial charge in [-0.1, -0.05) is 30.3 Å². The monoisotopic (exact) mass is 736 g/mol. The molecule has 0 aliphatic carbocycles. The molecule has 4 nitrogen and oxygen atoms in total. The summed E-state index contributed by atoms with van der Waals surface area (Å²) in [7, 11) is 2.75. The van der Waals surface area contributed by atoms with Crippen LogP contribution in [0.4, 0.5) is 48.1 Å². The minimum absolute atomic E-state index is 0. The number of alkyl halides is 6. The Morgan fingerprint density at radius 1 is 0.688 bits per heavy atom. The number of methoxy groups -OCH3 is 2. The number of ether oxygens (including phenoxy) is 2. The van der Waals surface area contributed by atoms with Gasteiger partial charge in [-0.25, -0.2) is 18.7 Å². The van der Waals surface area contributed by atoms with Crippen LogP contribution in [-0.4, -0.2) is 31.2 Å². The molecule has 4 rings (SSSR count). The fourth-order valence-corrected chi connectivity index (χ4v) is 3.67. The zero-order valence-corrected chi connectivity index (χ0v) is 29.0. The molecule has 0 bridgehead atoms. The number of nitrogens with zero attached hydrogens (tertiary/aromatic N) is 2. The molecule has 0 fully saturated rings. The van der Waals surface area contributed by atoms with Crippen molar-refractivity contribution in [1.29, 1.82) is 0 Å². The van der Waals surface area contributed by atoms with Gasteiger partial charge < -0.3 is 22.4 Å². The van der Waals surface area contributed by atoms with E-state index >= 15 is 0 Å². The maximum absolute atomic E-state index is 13.8. The zero-order chi connectivity index (χ0) is 35.7. The van der Waals surface area contributed by atoms with E-state index in [1.165, 1.54) is 56.7 Å². The van der Waals surface area contributed by atoms with E-state index in [9.17, 15) is 48.1 Å². The van der Waals surface area contributed by atoms with E-state index in [-0.39, 0.29) is 85.4 Å². The van der Waals surface area contributed by atoms with E-state index < -0.39 is 47.4 Å². The Labute approximate surface area is 315 Å². The molecule has 0 radical (unpaired) electrons. The number of halogens is 12. The minimum Gasteiger partial charge on any atom is -0.497 e. The molecule has 0 amide bonds. The van der Waals surface area contributed by atoms with Crippen LogP contribution in [0.1, 0.15) is 17.0 Å². The SMILES string of the molecule is C=C[B-](F)(F)F.C=Cc1ccc(-c2cc(OC)ccc2F)nc1C(F)(F)F.COc1ccc(F)c(-c2ccc(Cl)c(C(F)(F)F)n2)c1.[K+]. The summed E-state index contributed by atoms with van der Waals surface area (Å²) in [6.07, 6.45) is -8.29. The maximum Gasteiger partial charge on any atom is 1.00 e. The van der Waals surface area contributed by atoms with Crippen molar-refractivity contribution >= 4 is 24.7 Å². The van der Waals surface area contributed by atoms with Crippen molar-refractivity contribution < 1.29 is 109 Å². The number of pyridine rings is 2. The molecule has 0 saturated carbocycles. The van der Waals surface area contributed by atoms with Gasteiger partial charge in [-0.15, -0.1) is 6.58 Å². The summed E-state index contributed by atoms with van der Waals surface area (Å²) >= 11 is 5.47. The molecule has 0 unspecified atom stereocenters. The summed E-state index contributed by atoms with van der Waals surface area (Å²) in [5.41, 5.74) is -2.95. The Kier molecular flexibility index (Phi) is 16.3. The van der Waals surface area contributed by atoms with Gasteiger partial charge in [0.05, 0.1) is 30.6 Å². The van der Waals surface area contributed by atoms with Gasteiger partial charge in [0.25, 0.3) is 0 Å². The Hall–Kier alpha value is -2.96. The van der Waals surface area contributed by atoms with Crippen LogP contribution in [0, 0.1) is 11.6 Å². The van der Waals surface area contributed by atoms with Crippen molar-refractivity contribution in [2.45, 2.75) is 12.4 Å². The third kappa shape index (κ3) is 12.5. The number of rotatable bonds is 6. The van der Waals surface area contributed by atoms with E-state index in [4.69, 9.17) is 21.1 Å². The molecular weight excluding hydrogens is 715 g/mol. The van der Waals surface area contributed by atoms with Gasteiger partial charge in [-0.3, -0.25) is 0 Å². The molecule has 48 heavy (non-hydrogen) atoms. The van der Waals surface area contributed by atoms with Crippen LogP contribution in [0.15, 0.2) is 79.8 Å². The van der Waals surface area contributed by atoms with Crippen molar-refractivity contribution in [3.8, 4) is 34.0 Å². The molecule has 2 aromatic carbocycles. The first-order valence-electron chi connectivity index (χ1n) is 12.7. The Morgan fingerprint density at radius 2 is 1.08 bits per heavy atom. The van der Waals surface area contributed by atoms with Crippen molar-refractivity contribution in [3.05, 3.63) is 113 Å². The molecule has 18 heteroatoms. The minimum atomic E-state index is -4.72. The van der Waals surface area contributed by atoms with Crippen LogP contribution in [0.3, 0.4) is 0 Å². The molecule has 0 atom stereocenters. The van der Waals surface area contributed by atoms with Gasteiger partial charge in [0, 0.05) is 16.7 Å². The van der Waals surface area contributed by atoms with E-state index in [0.717, 1.165) is 24.3 Å². The van der Waals surface area contributed by atoms with Crippen molar-refractivity contribution in [1.82, 2.24) is 9.97 Å². The fraction of sp³-hybridized carbons (Fsp3) is 0.133. The smallest absolute Gasteiger partial charge is 0.497 e. The predicted molar refractivity (Wildman–Crippen MR) is 157 cm³/mol. The molecule has 2 aromatic heterocycles. The van der Waals surface area contributed by atoms with Gasteiger partial charge in [0.1, 0.15) is 23.1 Å². The van der Waals surface area contributed by atoms with Crippen molar-refractivity contribution in [3.63, 3.8) is 0 Å². The molecule has 2 heterocycles. The second-order valence-corrected chi connectivity index (χ2v) is 9.32. The number of aromatic nitrogens is 2. The summed E-state index contributed by atoms with van der Waals surface area (Å²) < 4.78 is 147. The normalized spacial score (nSPS) is 11.1. The quantitative estimate of drug-likeness (QED) is 0.151. The molecule has 252 valence electrons. The fourth-order valence-electron chi connectivity index (χ4n) is 3.46. The summed E-state index contributed by atoms with van der Waals surface area (Å²) in [6, 6.07) is 12.3. The molecule has 0 aliphatic heterocycles. The van der Waals surface area contributed by atoms with Gasteiger partial charge in [0.2, 0.25) is 0 Å². The first-order valence-corrected chi connectivity index (χ1v) is 13.1. The second kappa shape index (κ2) is 18.2. The summed E-state index contributed by atoms with van der Waals surface area (Å²) in [5, 5.41) is -0.537. The first kappa shape index (κ1) is 43.1. The number of hydrogen-bond donors (Lipinski definition) is 0. The van der Waals surface area contributed by atoms with Gasteiger partial charge in [0.15, 0.2) is 11.4 Å². The number of benzene rings is 2. The molecule has 0 aliphatic rings. The van der Waals surface area contributed by atoms with Gasteiger partial charge in [-0.05, 0) is 54.6 Å². The molecule has 0 spiro atoms. The molecule has 4 aromatic rings. The van der Waals surface area contributed by atoms with E-state index in [2.05, 4.69) is 23.1 Å². The predicted octanol–water partition coefficient (Wildman–Crippen LogP) is 7.69. The van der Waals surface area contributed by atoms with Crippen LogP contribution in [0.25, 0.3) is 28.6 Å². The largest absolute Gasteiger partial charge is 1.00 e.